The maximum atomic E-state index is 14.7. The van der Waals surface area contributed by atoms with Crippen molar-refractivity contribution in [3.63, 3.8) is 0 Å². The SMILES string of the molecule is CCC(NC(C)C)c1ccc(F)c(Oc2ccccc2)c1F. The van der Waals surface area contributed by atoms with Crippen LogP contribution in [0.3, 0.4) is 0 Å². The lowest BCUT2D eigenvalue weighted by Gasteiger charge is -2.22. The zero-order valence-electron chi connectivity index (χ0n) is 13.1. The van der Waals surface area contributed by atoms with Gasteiger partial charge in [0, 0.05) is 17.6 Å². The van der Waals surface area contributed by atoms with Crippen molar-refractivity contribution in [3.05, 3.63) is 59.7 Å². The molecule has 1 unspecified atom stereocenters. The second-order valence-corrected chi connectivity index (χ2v) is 5.48. The molecule has 1 N–H and O–H groups in total. The molecule has 0 fully saturated rings. The summed E-state index contributed by atoms with van der Waals surface area (Å²) in [5.74, 6) is -1.30. The van der Waals surface area contributed by atoms with Crippen molar-refractivity contribution < 1.29 is 13.5 Å². The number of nitrogens with one attached hydrogen (secondary N) is 1. The maximum Gasteiger partial charge on any atom is 0.198 e. The Balaban J connectivity index is 2.36. The topological polar surface area (TPSA) is 21.3 Å². The molecule has 0 amide bonds. The first-order valence-electron chi connectivity index (χ1n) is 7.49. The minimum absolute atomic E-state index is 0.182. The Morgan fingerprint density at radius 1 is 1.05 bits per heavy atom. The molecule has 0 aromatic heterocycles. The molecule has 0 saturated carbocycles. The maximum absolute atomic E-state index is 14.7. The zero-order valence-corrected chi connectivity index (χ0v) is 13.1. The van der Waals surface area contributed by atoms with Gasteiger partial charge in [-0.3, -0.25) is 0 Å². The number of hydrogen-bond donors (Lipinski definition) is 1. The van der Waals surface area contributed by atoms with Gasteiger partial charge in [0.15, 0.2) is 17.4 Å². The molecule has 0 heterocycles. The summed E-state index contributed by atoms with van der Waals surface area (Å²) in [7, 11) is 0. The van der Waals surface area contributed by atoms with Gasteiger partial charge in [-0.15, -0.1) is 0 Å². The van der Waals surface area contributed by atoms with Gasteiger partial charge in [-0.1, -0.05) is 45.0 Å². The fourth-order valence-corrected chi connectivity index (χ4v) is 2.35. The number of hydrogen-bond acceptors (Lipinski definition) is 2. The Bertz CT molecular complexity index is 614. The lowest BCUT2D eigenvalue weighted by molar-refractivity contribution is 0.390. The smallest absolute Gasteiger partial charge is 0.198 e. The van der Waals surface area contributed by atoms with E-state index in [1.54, 1.807) is 24.3 Å². The van der Waals surface area contributed by atoms with Gasteiger partial charge in [-0.05, 0) is 24.6 Å². The molecule has 0 radical (unpaired) electrons. The average molecular weight is 305 g/mol. The molecule has 0 aliphatic carbocycles. The van der Waals surface area contributed by atoms with Crippen molar-refractivity contribution in [2.45, 2.75) is 39.3 Å². The first kappa shape index (κ1) is 16.4. The van der Waals surface area contributed by atoms with Crippen LogP contribution in [0.1, 0.15) is 38.8 Å². The van der Waals surface area contributed by atoms with Crippen LogP contribution in [0.15, 0.2) is 42.5 Å². The minimum Gasteiger partial charge on any atom is -0.451 e. The average Bonchev–Trinajstić information content (AvgIpc) is 2.50. The van der Waals surface area contributed by atoms with Gasteiger partial charge in [0.2, 0.25) is 0 Å². The van der Waals surface area contributed by atoms with E-state index in [1.807, 2.05) is 26.8 Å². The number of ether oxygens (including phenoxy) is 1. The quantitative estimate of drug-likeness (QED) is 0.791. The van der Waals surface area contributed by atoms with Crippen LogP contribution >= 0.6 is 0 Å². The molecule has 2 rings (SSSR count). The van der Waals surface area contributed by atoms with E-state index in [1.165, 1.54) is 12.1 Å². The molecular weight excluding hydrogens is 284 g/mol. The van der Waals surface area contributed by atoms with E-state index in [0.29, 0.717) is 17.7 Å². The van der Waals surface area contributed by atoms with E-state index in [2.05, 4.69) is 5.32 Å². The Labute approximate surface area is 130 Å². The largest absolute Gasteiger partial charge is 0.451 e. The Hall–Kier alpha value is -1.94. The van der Waals surface area contributed by atoms with Crippen molar-refractivity contribution in [2.24, 2.45) is 0 Å². The van der Waals surface area contributed by atoms with Crippen molar-refractivity contribution in [2.75, 3.05) is 0 Å². The highest BCUT2D eigenvalue weighted by Gasteiger charge is 2.21. The summed E-state index contributed by atoms with van der Waals surface area (Å²) in [5, 5.41) is 3.28. The molecule has 22 heavy (non-hydrogen) atoms. The van der Waals surface area contributed by atoms with Crippen LogP contribution in [0.2, 0.25) is 0 Å². The predicted octanol–water partition coefficient (Wildman–Crippen LogP) is 5.21. The van der Waals surface area contributed by atoms with Gasteiger partial charge < -0.3 is 10.1 Å². The molecular formula is C18H21F2NO. The summed E-state index contributed by atoms with van der Waals surface area (Å²) in [6.45, 7) is 5.94. The van der Waals surface area contributed by atoms with Crippen LogP contribution < -0.4 is 10.1 Å². The van der Waals surface area contributed by atoms with Gasteiger partial charge in [-0.25, -0.2) is 8.78 Å². The summed E-state index contributed by atoms with van der Waals surface area (Å²) in [5.41, 5.74) is 0.420. The molecule has 0 saturated heterocycles. The Kier molecular flexibility index (Phi) is 5.50. The summed E-state index contributed by atoms with van der Waals surface area (Å²) in [4.78, 5) is 0. The highest BCUT2D eigenvalue weighted by molar-refractivity contribution is 5.38. The van der Waals surface area contributed by atoms with Gasteiger partial charge in [0.25, 0.3) is 0 Å². The summed E-state index contributed by atoms with van der Waals surface area (Å²) >= 11 is 0. The monoisotopic (exact) mass is 305 g/mol. The van der Waals surface area contributed by atoms with Crippen LogP contribution in [-0.2, 0) is 0 Å². The number of benzene rings is 2. The zero-order chi connectivity index (χ0) is 16.1. The van der Waals surface area contributed by atoms with Gasteiger partial charge in [-0.2, -0.15) is 0 Å². The van der Waals surface area contributed by atoms with Crippen molar-refractivity contribution in [1.82, 2.24) is 5.32 Å². The summed E-state index contributed by atoms with van der Waals surface area (Å²) in [6.07, 6.45) is 0.700. The normalized spacial score (nSPS) is 12.5. The molecule has 1 atom stereocenters. The minimum atomic E-state index is -0.704. The van der Waals surface area contributed by atoms with Crippen LogP contribution in [-0.4, -0.2) is 6.04 Å². The molecule has 2 nitrogen and oxygen atoms in total. The highest BCUT2D eigenvalue weighted by Crippen LogP contribution is 2.33. The van der Waals surface area contributed by atoms with Gasteiger partial charge in [0.1, 0.15) is 5.75 Å². The molecule has 2 aromatic rings. The van der Waals surface area contributed by atoms with E-state index in [0.717, 1.165) is 0 Å². The second-order valence-electron chi connectivity index (χ2n) is 5.48. The van der Waals surface area contributed by atoms with E-state index in [4.69, 9.17) is 4.74 Å². The van der Waals surface area contributed by atoms with Crippen LogP contribution in [0.25, 0.3) is 0 Å². The van der Waals surface area contributed by atoms with E-state index >= 15 is 0 Å². The third-order valence-corrected chi connectivity index (χ3v) is 3.36. The molecule has 0 bridgehead atoms. The molecule has 0 aliphatic rings. The standard InChI is InChI=1S/C18H21F2NO/c1-4-16(21-12(2)3)14-10-11-15(19)18(17(14)20)22-13-8-6-5-7-9-13/h5-12,16,21H,4H2,1-3H3. The fraction of sp³-hybridized carbons (Fsp3) is 0.333. The second kappa shape index (κ2) is 7.36. The first-order chi connectivity index (χ1) is 10.5. The predicted molar refractivity (Wildman–Crippen MR) is 84.2 cm³/mol. The molecule has 0 spiro atoms. The van der Waals surface area contributed by atoms with Crippen molar-refractivity contribution >= 4 is 0 Å². The van der Waals surface area contributed by atoms with E-state index < -0.39 is 11.6 Å². The van der Waals surface area contributed by atoms with E-state index in [-0.39, 0.29) is 17.8 Å². The number of rotatable bonds is 6. The van der Waals surface area contributed by atoms with Crippen molar-refractivity contribution in [3.8, 4) is 11.5 Å². The molecule has 118 valence electrons. The van der Waals surface area contributed by atoms with Gasteiger partial charge in [0.05, 0.1) is 0 Å². The van der Waals surface area contributed by atoms with Crippen LogP contribution in [0.5, 0.6) is 11.5 Å². The molecule has 4 heteroatoms. The first-order valence-corrected chi connectivity index (χ1v) is 7.49. The van der Waals surface area contributed by atoms with Gasteiger partial charge >= 0.3 is 0 Å². The third kappa shape index (κ3) is 3.83. The number of halogens is 2. The number of para-hydroxylation sites is 1. The fourth-order valence-electron chi connectivity index (χ4n) is 2.35. The van der Waals surface area contributed by atoms with Crippen LogP contribution in [0.4, 0.5) is 8.78 Å². The third-order valence-electron chi connectivity index (χ3n) is 3.36. The molecule has 0 aliphatic heterocycles. The van der Waals surface area contributed by atoms with E-state index in [9.17, 15) is 8.78 Å². The van der Waals surface area contributed by atoms with Crippen LogP contribution in [0, 0.1) is 11.6 Å². The van der Waals surface area contributed by atoms with Crippen molar-refractivity contribution in [1.29, 1.82) is 0 Å². The molecule has 2 aromatic carbocycles. The lowest BCUT2D eigenvalue weighted by atomic mass is 10.0. The Morgan fingerprint density at radius 3 is 2.32 bits per heavy atom. The lowest BCUT2D eigenvalue weighted by Crippen LogP contribution is -2.28. The highest BCUT2D eigenvalue weighted by atomic mass is 19.1. The Morgan fingerprint density at radius 2 is 1.73 bits per heavy atom. The summed E-state index contributed by atoms with van der Waals surface area (Å²) < 4.78 is 34.1. The summed E-state index contributed by atoms with van der Waals surface area (Å²) in [6, 6.07) is 11.4.